The highest BCUT2D eigenvalue weighted by Crippen LogP contribution is 2.24. The van der Waals surface area contributed by atoms with Crippen LogP contribution in [0, 0.1) is 0 Å². The Labute approximate surface area is 197 Å². The average molecular weight is 488 g/mol. The maximum Gasteiger partial charge on any atom is 0.242 e. The molecule has 1 N–H and O–H groups in total. The third-order valence-electron chi connectivity index (χ3n) is 4.46. The zero-order chi connectivity index (χ0) is 22.1. The Kier molecular flexibility index (Phi) is 10.3. The first kappa shape index (κ1) is 24.9. The maximum atomic E-state index is 13.0. The lowest BCUT2D eigenvalue weighted by Crippen LogP contribution is -2.48. The van der Waals surface area contributed by atoms with E-state index in [4.69, 9.17) is 34.8 Å². The highest BCUT2D eigenvalue weighted by molar-refractivity contribution is 7.99. The van der Waals surface area contributed by atoms with E-state index >= 15 is 0 Å². The van der Waals surface area contributed by atoms with Crippen molar-refractivity contribution in [1.82, 2.24) is 10.2 Å². The molecule has 2 aromatic rings. The summed E-state index contributed by atoms with van der Waals surface area (Å²) in [5.41, 5.74) is 1.78. The van der Waals surface area contributed by atoms with Crippen molar-refractivity contribution in [3.05, 3.63) is 68.7 Å². The van der Waals surface area contributed by atoms with Crippen LogP contribution in [-0.2, 0) is 21.9 Å². The molecule has 1 atom stereocenters. The summed E-state index contributed by atoms with van der Waals surface area (Å²) >= 11 is 19.8. The molecule has 0 saturated carbocycles. The van der Waals surface area contributed by atoms with Gasteiger partial charge in [0.25, 0.3) is 0 Å². The van der Waals surface area contributed by atoms with Crippen LogP contribution in [0.4, 0.5) is 0 Å². The van der Waals surface area contributed by atoms with Gasteiger partial charge in [-0.25, -0.2) is 0 Å². The molecule has 0 fully saturated rings. The molecular weight excluding hydrogens is 463 g/mol. The quantitative estimate of drug-likeness (QED) is 0.459. The minimum absolute atomic E-state index is 0.132. The fraction of sp³-hybridized carbons (Fsp3) is 0.364. The van der Waals surface area contributed by atoms with Gasteiger partial charge in [0.2, 0.25) is 11.8 Å². The van der Waals surface area contributed by atoms with E-state index in [1.165, 1.54) is 11.8 Å². The summed E-state index contributed by atoms with van der Waals surface area (Å²) in [5.74, 6) is 0.573. The van der Waals surface area contributed by atoms with Crippen molar-refractivity contribution in [3.8, 4) is 0 Å². The summed E-state index contributed by atoms with van der Waals surface area (Å²) in [6.07, 6.45) is 0.824. The summed E-state index contributed by atoms with van der Waals surface area (Å²) < 4.78 is 0. The third-order valence-corrected chi connectivity index (χ3v) is 6.27. The molecule has 162 valence electrons. The summed E-state index contributed by atoms with van der Waals surface area (Å²) in [6, 6.07) is 12.1. The Morgan fingerprint density at radius 2 is 1.83 bits per heavy atom. The van der Waals surface area contributed by atoms with Gasteiger partial charge in [-0.1, -0.05) is 59.9 Å². The third kappa shape index (κ3) is 7.69. The number of nitrogens with zero attached hydrogens (tertiary/aromatic N) is 1. The molecule has 0 bridgehead atoms. The molecule has 0 radical (unpaired) electrons. The van der Waals surface area contributed by atoms with Crippen LogP contribution in [0.15, 0.2) is 42.5 Å². The van der Waals surface area contributed by atoms with Gasteiger partial charge in [-0.2, -0.15) is 0 Å². The molecule has 30 heavy (non-hydrogen) atoms. The van der Waals surface area contributed by atoms with Crippen molar-refractivity contribution in [2.24, 2.45) is 0 Å². The van der Waals surface area contributed by atoms with Crippen LogP contribution >= 0.6 is 46.6 Å². The van der Waals surface area contributed by atoms with Gasteiger partial charge in [-0.15, -0.1) is 11.8 Å². The molecule has 1 unspecified atom stereocenters. The number of carbonyl (C=O) groups excluding carboxylic acids is 2. The molecule has 0 heterocycles. The fourth-order valence-electron chi connectivity index (χ4n) is 2.78. The molecule has 2 amide bonds. The smallest absolute Gasteiger partial charge is 0.242 e. The molecule has 8 heteroatoms. The molecule has 2 rings (SSSR count). The van der Waals surface area contributed by atoms with E-state index in [2.05, 4.69) is 5.32 Å². The molecule has 0 aromatic heterocycles. The first-order valence-electron chi connectivity index (χ1n) is 9.65. The van der Waals surface area contributed by atoms with Gasteiger partial charge < -0.3 is 10.2 Å². The van der Waals surface area contributed by atoms with E-state index in [9.17, 15) is 9.59 Å². The topological polar surface area (TPSA) is 49.4 Å². The first-order chi connectivity index (χ1) is 14.3. The van der Waals surface area contributed by atoms with Gasteiger partial charge in [0, 0.05) is 33.9 Å². The number of thioether (sulfide) groups is 1. The number of hydrogen-bond acceptors (Lipinski definition) is 3. The Hall–Kier alpha value is -1.40. The number of amides is 2. The number of halogens is 3. The molecule has 4 nitrogen and oxygen atoms in total. The minimum Gasteiger partial charge on any atom is -0.354 e. The number of hydrogen-bond donors (Lipinski definition) is 1. The zero-order valence-corrected chi connectivity index (χ0v) is 20.0. The lowest BCUT2D eigenvalue weighted by Gasteiger charge is -2.29. The Morgan fingerprint density at radius 1 is 1.10 bits per heavy atom. The second kappa shape index (κ2) is 12.5. The standard InChI is InChI=1S/C22H25Cl3N2O2S/c1-3-9-26-22(29)15(2)27(12-17-7-8-19(24)11-20(17)25)21(28)14-30-13-16-5-4-6-18(23)10-16/h4-8,10-11,15H,3,9,12-14H2,1-2H3,(H,26,29). The van der Waals surface area contributed by atoms with Crippen LogP contribution in [0.2, 0.25) is 15.1 Å². The van der Waals surface area contributed by atoms with E-state index < -0.39 is 6.04 Å². The first-order valence-corrected chi connectivity index (χ1v) is 11.9. The van der Waals surface area contributed by atoms with E-state index in [1.54, 1.807) is 30.0 Å². The summed E-state index contributed by atoms with van der Waals surface area (Å²) in [4.78, 5) is 27.1. The van der Waals surface area contributed by atoms with Crippen LogP contribution in [0.3, 0.4) is 0 Å². The van der Waals surface area contributed by atoms with Crippen molar-refractivity contribution in [1.29, 1.82) is 0 Å². The summed E-state index contributed by atoms with van der Waals surface area (Å²) in [7, 11) is 0. The Morgan fingerprint density at radius 3 is 2.50 bits per heavy atom. The molecule has 0 aliphatic heterocycles. The van der Waals surface area contributed by atoms with Gasteiger partial charge in [-0.3, -0.25) is 9.59 Å². The second-order valence-corrected chi connectivity index (χ2v) is 9.11. The van der Waals surface area contributed by atoms with Gasteiger partial charge >= 0.3 is 0 Å². The molecule has 0 aliphatic rings. The van der Waals surface area contributed by atoms with Crippen LogP contribution in [-0.4, -0.2) is 35.1 Å². The van der Waals surface area contributed by atoms with Crippen molar-refractivity contribution >= 4 is 58.4 Å². The van der Waals surface area contributed by atoms with Crippen LogP contribution in [0.5, 0.6) is 0 Å². The lowest BCUT2D eigenvalue weighted by molar-refractivity contribution is -0.138. The average Bonchev–Trinajstić information content (AvgIpc) is 2.71. The molecule has 2 aromatic carbocycles. The molecule has 0 saturated heterocycles. The zero-order valence-electron chi connectivity index (χ0n) is 17.0. The van der Waals surface area contributed by atoms with E-state index in [-0.39, 0.29) is 24.1 Å². The summed E-state index contributed by atoms with van der Waals surface area (Å²) in [6.45, 7) is 4.51. The predicted molar refractivity (Wildman–Crippen MR) is 127 cm³/mol. The normalized spacial score (nSPS) is 11.8. The van der Waals surface area contributed by atoms with Crippen LogP contribution < -0.4 is 5.32 Å². The van der Waals surface area contributed by atoms with Crippen LogP contribution in [0.25, 0.3) is 0 Å². The largest absolute Gasteiger partial charge is 0.354 e. The second-order valence-electron chi connectivity index (χ2n) is 6.85. The van der Waals surface area contributed by atoms with Gasteiger partial charge in [0.15, 0.2) is 0 Å². The van der Waals surface area contributed by atoms with E-state index in [0.29, 0.717) is 27.4 Å². The van der Waals surface area contributed by atoms with E-state index in [1.807, 2.05) is 31.2 Å². The monoisotopic (exact) mass is 486 g/mol. The van der Waals surface area contributed by atoms with Crippen molar-refractivity contribution in [2.45, 2.75) is 38.6 Å². The highest BCUT2D eigenvalue weighted by atomic mass is 35.5. The SMILES string of the molecule is CCCNC(=O)C(C)N(Cc1ccc(Cl)cc1Cl)C(=O)CSCc1cccc(Cl)c1. The Bertz CT molecular complexity index is 879. The predicted octanol–water partition coefficient (Wildman–Crippen LogP) is 5.82. The van der Waals surface area contributed by atoms with Crippen molar-refractivity contribution in [3.63, 3.8) is 0 Å². The van der Waals surface area contributed by atoms with Gasteiger partial charge in [0.1, 0.15) is 6.04 Å². The van der Waals surface area contributed by atoms with Gasteiger partial charge in [0.05, 0.1) is 5.75 Å². The minimum atomic E-state index is -0.623. The number of benzene rings is 2. The maximum absolute atomic E-state index is 13.0. The summed E-state index contributed by atoms with van der Waals surface area (Å²) in [5, 5.41) is 4.51. The van der Waals surface area contributed by atoms with Crippen molar-refractivity contribution < 1.29 is 9.59 Å². The lowest BCUT2D eigenvalue weighted by atomic mass is 10.1. The number of carbonyl (C=O) groups is 2. The molecule has 0 aliphatic carbocycles. The van der Waals surface area contributed by atoms with Crippen LogP contribution in [0.1, 0.15) is 31.4 Å². The number of nitrogens with one attached hydrogen (secondary N) is 1. The number of rotatable bonds is 10. The van der Waals surface area contributed by atoms with Crippen molar-refractivity contribution in [2.75, 3.05) is 12.3 Å². The fourth-order valence-corrected chi connectivity index (χ4v) is 4.32. The van der Waals surface area contributed by atoms with E-state index in [0.717, 1.165) is 17.5 Å². The Balaban J connectivity index is 2.10. The van der Waals surface area contributed by atoms with Gasteiger partial charge in [-0.05, 0) is 48.7 Å². The molecule has 0 spiro atoms. The molecular formula is C22H25Cl3N2O2S. The highest BCUT2D eigenvalue weighted by Gasteiger charge is 2.26.